The molecule has 1 heterocycles. The van der Waals surface area contributed by atoms with Gasteiger partial charge in [-0.25, -0.2) is 9.37 Å². The number of aromatic nitrogens is 3. The molecule has 130 valence electrons. The first-order chi connectivity index (χ1) is 11.1. The van der Waals surface area contributed by atoms with Gasteiger partial charge in [0.2, 0.25) is 5.91 Å². The van der Waals surface area contributed by atoms with Gasteiger partial charge in [-0.15, -0.1) is 24.0 Å². The standard InChI is InChI=1S/C14H18FN7O.HI/c1-16-14(17-7-12-19-9-20-22(12)2)18-8-13(23)21-11-5-3-10(15)4-6-11;/h3-6,9H,7-8H2,1-2H3,(H,21,23)(H2,16,17,18);1H. The van der Waals surface area contributed by atoms with Gasteiger partial charge < -0.3 is 16.0 Å². The maximum atomic E-state index is 12.8. The molecule has 1 aromatic carbocycles. The van der Waals surface area contributed by atoms with Crippen molar-refractivity contribution in [1.29, 1.82) is 0 Å². The number of hydrogen-bond donors (Lipinski definition) is 3. The summed E-state index contributed by atoms with van der Waals surface area (Å²) >= 11 is 0. The summed E-state index contributed by atoms with van der Waals surface area (Å²) in [6, 6.07) is 5.55. The molecule has 2 rings (SSSR count). The third-order valence-electron chi connectivity index (χ3n) is 2.99. The van der Waals surface area contributed by atoms with Crippen LogP contribution in [0, 0.1) is 5.82 Å². The molecule has 0 saturated heterocycles. The van der Waals surface area contributed by atoms with Crippen LogP contribution in [0.15, 0.2) is 35.6 Å². The molecule has 0 radical (unpaired) electrons. The van der Waals surface area contributed by atoms with Gasteiger partial charge in [-0.2, -0.15) is 5.10 Å². The number of nitrogens with one attached hydrogen (secondary N) is 3. The van der Waals surface area contributed by atoms with Crippen LogP contribution in [0.2, 0.25) is 0 Å². The van der Waals surface area contributed by atoms with E-state index in [1.165, 1.54) is 30.6 Å². The van der Waals surface area contributed by atoms with Crippen molar-refractivity contribution in [3.05, 3.63) is 42.2 Å². The number of anilines is 1. The van der Waals surface area contributed by atoms with Crippen LogP contribution in [0.3, 0.4) is 0 Å². The average molecular weight is 447 g/mol. The highest BCUT2D eigenvalue weighted by molar-refractivity contribution is 14.0. The van der Waals surface area contributed by atoms with Gasteiger partial charge in [0.15, 0.2) is 5.96 Å². The number of carbonyl (C=O) groups is 1. The van der Waals surface area contributed by atoms with Crippen LogP contribution in [-0.2, 0) is 18.4 Å². The fourth-order valence-electron chi connectivity index (χ4n) is 1.77. The quantitative estimate of drug-likeness (QED) is 0.359. The third-order valence-corrected chi connectivity index (χ3v) is 2.99. The summed E-state index contributed by atoms with van der Waals surface area (Å²) in [7, 11) is 3.39. The van der Waals surface area contributed by atoms with Gasteiger partial charge in [-0.3, -0.25) is 14.5 Å². The van der Waals surface area contributed by atoms with Gasteiger partial charge in [0.25, 0.3) is 0 Å². The highest BCUT2D eigenvalue weighted by Gasteiger charge is 2.06. The molecular weight excluding hydrogens is 428 g/mol. The molecule has 2 aromatic rings. The second kappa shape index (κ2) is 9.80. The molecule has 0 aliphatic carbocycles. The van der Waals surface area contributed by atoms with Crippen molar-refractivity contribution in [2.75, 3.05) is 18.9 Å². The van der Waals surface area contributed by atoms with Crippen molar-refractivity contribution >= 4 is 41.5 Å². The van der Waals surface area contributed by atoms with E-state index in [1.807, 2.05) is 0 Å². The van der Waals surface area contributed by atoms with Crippen molar-refractivity contribution in [3.63, 3.8) is 0 Å². The zero-order valence-corrected chi connectivity index (χ0v) is 15.6. The van der Waals surface area contributed by atoms with E-state index in [1.54, 1.807) is 18.8 Å². The van der Waals surface area contributed by atoms with Gasteiger partial charge >= 0.3 is 0 Å². The zero-order valence-electron chi connectivity index (χ0n) is 13.3. The molecule has 0 saturated carbocycles. The molecule has 0 spiro atoms. The Hall–Kier alpha value is -2.24. The molecule has 1 aromatic heterocycles. The predicted molar refractivity (Wildman–Crippen MR) is 99.6 cm³/mol. The van der Waals surface area contributed by atoms with Crippen molar-refractivity contribution in [3.8, 4) is 0 Å². The van der Waals surface area contributed by atoms with Crippen molar-refractivity contribution in [2.45, 2.75) is 6.54 Å². The molecule has 0 aliphatic rings. The highest BCUT2D eigenvalue weighted by atomic mass is 127. The smallest absolute Gasteiger partial charge is 0.243 e. The number of rotatable bonds is 5. The minimum Gasteiger partial charge on any atom is -0.349 e. The first kappa shape index (κ1) is 19.8. The monoisotopic (exact) mass is 447 g/mol. The Morgan fingerprint density at radius 2 is 2.00 bits per heavy atom. The van der Waals surface area contributed by atoms with E-state index in [0.717, 1.165) is 5.82 Å². The van der Waals surface area contributed by atoms with Gasteiger partial charge in [0.05, 0.1) is 13.1 Å². The molecule has 0 fully saturated rings. The molecule has 1 amide bonds. The minimum absolute atomic E-state index is 0. The fraction of sp³-hybridized carbons (Fsp3) is 0.286. The van der Waals surface area contributed by atoms with E-state index in [2.05, 4.69) is 31.0 Å². The molecule has 0 aliphatic heterocycles. The summed E-state index contributed by atoms with van der Waals surface area (Å²) in [5.74, 6) is 0.582. The zero-order chi connectivity index (χ0) is 16.7. The number of hydrogen-bond acceptors (Lipinski definition) is 4. The number of halogens is 2. The number of aliphatic imine (C=N–C) groups is 1. The van der Waals surface area contributed by atoms with E-state index >= 15 is 0 Å². The lowest BCUT2D eigenvalue weighted by Crippen LogP contribution is -2.41. The molecule has 10 heteroatoms. The molecule has 0 atom stereocenters. The largest absolute Gasteiger partial charge is 0.349 e. The Morgan fingerprint density at radius 3 is 2.58 bits per heavy atom. The normalized spacial score (nSPS) is 10.7. The van der Waals surface area contributed by atoms with Crippen LogP contribution < -0.4 is 16.0 Å². The van der Waals surface area contributed by atoms with E-state index in [-0.39, 0.29) is 42.2 Å². The third kappa shape index (κ3) is 6.10. The Kier molecular flexibility index (Phi) is 8.09. The van der Waals surface area contributed by atoms with E-state index in [0.29, 0.717) is 18.2 Å². The summed E-state index contributed by atoms with van der Waals surface area (Å²) in [5.41, 5.74) is 0.528. The Balaban J connectivity index is 0.00000288. The van der Waals surface area contributed by atoms with Crippen LogP contribution in [0.4, 0.5) is 10.1 Å². The molecule has 3 N–H and O–H groups in total. The summed E-state index contributed by atoms with van der Waals surface area (Å²) in [6.07, 6.45) is 1.46. The van der Waals surface area contributed by atoms with Crippen molar-refractivity contribution in [2.24, 2.45) is 12.0 Å². The maximum absolute atomic E-state index is 12.8. The SMILES string of the molecule is CN=C(NCC(=O)Nc1ccc(F)cc1)NCc1ncnn1C.I. The lowest BCUT2D eigenvalue weighted by Gasteiger charge is -2.11. The Labute approximate surface area is 156 Å². The lowest BCUT2D eigenvalue weighted by molar-refractivity contribution is -0.115. The number of carbonyl (C=O) groups excluding carboxylic acids is 1. The predicted octanol–water partition coefficient (Wildman–Crippen LogP) is 0.876. The van der Waals surface area contributed by atoms with Crippen LogP contribution in [-0.4, -0.2) is 40.2 Å². The number of nitrogens with zero attached hydrogens (tertiary/aromatic N) is 4. The average Bonchev–Trinajstić information content (AvgIpc) is 2.95. The van der Waals surface area contributed by atoms with Crippen LogP contribution >= 0.6 is 24.0 Å². The number of benzene rings is 1. The second-order valence-electron chi connectivity index (χ2n) is 4.63. The Bertz CT molecular complexity index is 687. The van der Waals surface area contributed by atoms with Crippen LogP contribution in [0.1, 0.15) is 5.82 Å². The second-order valence-corrected chi connectivity index (χ2v) is 4.63. The molecule has 8 nitrogen and oxygen atoms in total. The minimum atomic E-state index is -0.352. The lowest BCUT2D eigenvalue weighted by atomic mass is 10.3. The molecule has 24 heavy (non-hydrogen) atoms. The maximum Gasteiger partial charge on any atom is 0.243 e. The summed E-state index contributed by atoms with van der Waals surface area (Å²) in [4.78, 5) is 19.9. The van der Waals surface area contributed by atoms with Gasteiger partial charge in [-0.05, 0) is 24.3 Å². The summed E-state index contributed by atoms with van der Waals surface area (Å²) in [5, 5.41) is 12.5. The van der Waals surface area contributed by atoms with Crippen molar-refractivity contribution in [1.82, 2.24) is 25.4 Å². The first-order valence-electron chi connectivity index (χ1n) is 6.91. The summed E-state index contributed by atoms with van der Waals surface area (Å²) in [6.45, 7) is 0.450. The first-order valence-corrected chi connectivity index (χ1v) is 6.91. The van der Waals surface area contributed by atoms with E-state index < -0.39 is 0 Å². The van der Waals surface area contributed by atoms with Gasteiger partial charge in [0.1, 0.15) is 18.0 Å². The van der Waals surface area contributed by atoms with E-state index in [4.69, 9.17) is 0 Å². The van der Waals surface area contributed by atoms with Crippen LogP contribution in [0.25, 0.3) is 0 Å². The number of amides is 1. The molecule has 0 bridgehead atoms. The molecular formula is C14H19FIN7O. The topological polar surface area (TPSA) is 96.2 Å². The Morgan fingerprint density at radius 1 is 1.29 bits per heavy atom. The van der Waals surface area contributed by atoms with Crippen LogP contribution in [0.5, 0.6) is 0 Å². The van der Waals surface area contributed by atoms with E-state index in [9.17, 15) is 9.18 Å². The molecule has 0 unspecified atom stereocenters. The van der Waals surface area contributed by atoms with Crippen molar-refractivity contribution < 1.29 is 9.18 Å². The summed E-state index contributed by atoms with van der Waals surface area (Å²) < 4.78 is 14.4. The highest BCUT2D eigenvalue weighted by Crippen LogP contribution is 2.07. The fourth-order valence-corrected chi connectivity index (χ4v) is 1.77. The van der Waals surface area contributed by atoms with Gasteiger partial charge in [0, 0.05) is 19.8 Å². The number of aryl methyl sites for hydroxylation is 1. The number of guanidine groups is 1. The van der Waals surface area contributed by atoms with Gasteiger partial charge in [-0.1, -0.05) is 0 Å².